The van der Waals surface area contributed by atoms with Gasteiger partial charge in [-0.1, -0.05) is 0 Å². The molecule has 2 fully saturated rings. The standard InChI is InChI=1S/C14H23N3O4/c1-21-14(20)4-6-15-7-9-16(10-8-15)13(19)11-17-5-2-3-12(17)18/h2-11H2,1H3. The van der Waals surface area contributed by atoms with Crippen molar-refractivity contribution < 1.29 is 19.1 Å². The molecule has 0 unspecified atom stereocenters. The van der Waals surface area contributed by atoms with Crippen LogP contribution in [0.5, 0.6) is 0 Å². The lowest BCUT2D eigenvalue weighted by atomic mass is 10.2. The molecule has 2 rings (SSSR count). The van der Waals surface area contributed by atoms with E-state index in [9.17, 15) is 14.4 Å². The summed E-state index contributed by atoms with van der Waals surface area (Å²) in [5.74, 6) is -0.0982. The molecule has 2 amide bonds. The maximum atomic E-state index is 12.2. The quantitative estimate of drug-likeness (QED) is 0.629. The van der Waals surface area contributed by atoms with E-state index >= 15 is 0 Å². The number of amides is 2. The molecule has 0 aromatic heterocycles. The van der Waals surface area contributed by atoms with E-state index in [2.05, 4.69) is 9.64 Å². The third-order valence-electron chi connectivity index (χ3n) is 4.08. The monoisotopic (exact) mass is 297 g/mol. The highest BCUT2D eigenvalue weighted by Crippen LogP contribution is 2.10. The van der Waals surface area contributed by atoms with Gasteiger partial charge in [0.25, 0.3) is 0 Å². The van der Waals surface area contributed by atoms with Gasteiger partial charge in [-0.2, -0.15) is 0 Å². The number of likely N-dealkylation sites (tertiary alicyclic amines) is 1. The third-order valence-corrected chi connectivity index (χ3v) is 4.08. The first-order valence-electron chi connectivity index (χ1n) is 7.45. The van der Waals surface area contributed by atoms with Crippen LogP contribution in [0.2, 0.25) is 0 Å². The fraction of sp³-hybridized carbons (Fsp3) is 0.786. The van der Waals surface area contributed by atoms with E-state index < -0.39 is 0 Å². The van der Waals surface area contributed by atoms with Crippen molar-refractivity contribution in [3.63, 3.8) is 0 Å². The van der Waals surface area contributed by atoms with Crippen LogP contribution in [-0.4, -0.2) is 85.4 Å². The van der Waals surface area contributed by atoms with Crippen LogP contribution in [-0.2, 0) is 19.1 Å². The van der Waals surface area contributed by atoms with Crippen LogP contribution >= 0.6 is 0 Å². The highest BCUT2D eigenvalue weighted by molar-refractivity contribution is 5.85. The number of rotatable bonds is 5. The van der Waals surface area contributed by atoms with Crippen LogP contribution < -0.4 is 0 Å². The van der Waals surface area contributed by atoms with E-state index in [4.69, 9.17) is 0 Å². The average Bonchev–Trinajstić information content (AvgIpc) is 2.90. The number of hydrogen-bond acceptors (Lipinski definition) is 5. The fourth-order valence-electron chi connectivity index (χ4n) is 2.71. The van der Waals surface area contributed by atoms with E-state index in [0.29, 0.717) is 39.0 Å². The van der Waals surface area contributed by atoms with Gasteiger partial charge in [0, 0.05) is 45.7 Å². The summed E-state index contributed by atoms with van der Waals surface area (Å²) in [6.45, 7) is 4.40. The van der Waals surface area contributed by atoms with Crippen LogP contribution in [0, 0.1) is 0 Å². The molecule has 0 aromatic rings. The first-order chi connectivity index (χ1) is 10.1. The molecule has 0 bridgehead atoms. The number of methoxy groups -OCH3 is 1. The summed E-state index contributed by atoms with van der Waals surface area (Å²) in [5.41, 5.74) is 0. The molecule has 21 heavy (non-hydrogen) atoms. The first kappa shape index (κ1) is 15.8. The van der Waals surface area contributed by atoms with Gasteiger partial charge in [-0.15, -0.1) is 0 Å². The van der Waals surface area contributed by atoms with Gasteiger partial charge >= 0.3 is 5.97 Å². The largest absolute Gasteiger partial charge is 0.469 e. The zero-order valence-electron chi connectivity index (χ0n) is 12.5. The number of carbonyl (C=O) groups excluding carboxylic acids is 3. The molecule has 0 aliphatic carbocycles. The average molecular weight is 297 g/mol. The number of hydrogen-bond donors (Lipinski definition) is 0. The van der Waals surface area contributed by atoms with Crippen LogP contribution in [0.25, 0.3) is 0 Å². The van der Waals surface area contributed by atoms with Gasteiger partial charge in [-0.25, -0.2) is 0 Å². The summed E-state index contributed by atoms with van der Waals surface area (Å²) in [6, 6.07) is 0. The van der Waals surface area contributed by atoms with E-state index in [1.807, 2.05) is 0 Å². The number of carbonyl (C=O) groups is 3. The Balaban J connectivity index is 1.69. The molecule has 2 heterocycles. The second kappa shape index (κ2) is 7.40. The molecule has 118 valence electrons. The van der Waals surface area contributed by atoms with Crippen molar-refractivity contribution in [1.29, 1.82) is 0 Å². The summed E-state index contributed by atoms with van der Waals surface area (Å²) in [5, 5.41) is 0. The normalized spacial score (nSPS) is 20.0. The second-order valence-electron chi connectivity index (χ2n) is 5.47. The van der Waals surface area contributed by atoms with Gasteiger partial charge in [0.1, 0.15) is 0 Å². The number of piperazine rings is 1. The maximum Gasteiger partial charge on any atom is 0.306 e. The molecular weight excluding hydrogens is 274 g/mol. The van der Waals surface area contributed by atoms with E-state index in [-0.39, 0.29) is 24.3 Å². The van der Waals surface area contributed by atoms with Crippen LogP contribution in [0.3, 0.4) is 0 Å². The van der Waals surface area contributed by atoms with Crippen molar-refractivity contribution in [2.45, 2.75) is 19.3 Å². The minimum atomic E-state index is -0.207. The summed E-state index contributed by atoms with van der Waals surface area (Å²) < 4.78 is 4.62. The SMILES string of the molecule is COC(=O)CCN1CCN(C(=O)CN2CCCC2=O)CC1. The van der Waals surface area contributed by atoms with Crippen molar-refractivity contribution >= 4 is 17.8 Å². The molecule has 0 N–H and O–H groups in total. The molecule has 2 saturated heterocycles. The molecule has 0 saturated carbocycles. The Bertz CT molecular complexity index is 405. The number of esters is 1. The summed E-state index contributed by atoms with van der Waals surface area (Å²) in [4.78, 5) is 40.4. The molecular formula is C14H23N3O4. The topological polar surface area (TPSA) is 70.2 Å². The minimum absolute atomic E-state index is 0.0258. The highest BCUT2D eigenvalue weighted by Gasteiger charge is 2.26. The number of nitrogens with zero attached hydrogens (tertiary/aromatic N) is 3. The van der Waals surface area contributed by atoms with E-state index in [1.165, 1.54) is 7.11 Å². The van der Waals surface area contributed by atoms with Gasteiger partial charge in [0.2, 0.25) is 11.8 Å². The van der Waals surface area contributed by atoms with Crippen molar-refractivity contribution in [3.8, 4) is 0 Å². The summed E-state index contributed by atoms with van der Waals surface area (Å²) in [6.07, 6.45) is 1.80. The zero-order valence-corrected chi connectivity index (χ0v) is 12.5. The molecule has 0 aromatic carbocycles. The Hall–Kier alpha value is -1.63. The van der Waals surface area contributed by atoms with Crippen LogP contribution in [0.4, 0.5) is 0 Å². The Kier molecular flexibility index (Phi) is 5.55. The molecule has 0 atom stereocenters. The minimum Gasteiger partial charge on any atom is -0.469 e. The van der Waals surface area contributed by atoms with Crippen molar-refractivity contribution in [2.24, 2.45) is 0 Å². The lowest BCUT2D eigenvalue weighted by Crippen LogP contribution is -2.51. The van der Waals surface area contributed by atoms with Crippen molar-refractivity contribution in [2.75, 3.05) is 52.9 Å². The van der Waals surface area contributed by atoms with Gasteiger partial charge in [-0.05, 0) is 6.42 Å². The van der Waals surface area contributed by atoms with E-state index in [0.717, 1.165) is 19.5 Å². The lowest BCUT2D eigenvalue weighted by molar-refractivity contribution is -0.142. The van der Waals surface area contributed by atoms with Crippen molar-refractivity contribution in [1.82, 2.24) is 14.7 Å². The van der Waals surface area contributed by atoms with Crippen LogP contribution in [0.15, 0.2) is 0 Å². The predicted molar refractivity (Wildman–Crippen MR) is 75.5 cm³/mol. The van der Waals surface area contributed by atoms with Crippen molar-refractivity contribution in [3.05, 3.63) is 0 Å². The van der Waals surface area contributed by atoms with Gasteiger partial charge in [0.15, 0.2) is 0 Å². The number of ether oxygens (including phenoxy) is 1. The molecule has 7 nitrogen and oxygen atoms in total. The Morgan fingerprint density at radius 2 is 1.86 bits per heavy atom. The molecule has 2 aliphatic rings. The molecule has 0 spiro atoms. The summed E-state index contributed by atoms with van der Waals surface area (Å²) in [7, 11) is 1.39. The molecule has 2 aliphatic heterocycles. The first-order valence-corrected chi connectivity index (χ1v) is 7.45. The summed E-state index contributed by atoms with van der Waals surface area (Å²) >= 11 is 0. The second-order valence-corrected chi connectivity index (χ2v) is 5.47. The Morgan fingerprint density at radius 1 is 1.14 bits per heavy atom. The molecule has 0 radical (unpaired) electrons. The maximum absolute atomic E-state index is 12.2. The van der Waals surface area contributed by atoms with Gasteiger partial charge < -0.3 is 14.5 Å². The van der Waals surface area contributed by atoms with Gasteiger partial charge in [0.05, 0.1) is 20.1 Å². The van der Waals surface area contributed by atoms with Crippen LogP contribution in [0.1, 0.15) is 19.3 Å². The lowest BCUT2D eigenvalue weighted by Gasteiger charge is -2.35. The van der Waals surface area contributed by atoms with Gasteiger partial charge in [-0.3, -0.25) is 19.3 Å². The zero-order chi connectivity index (χ0) is 15.2. The smallest absolute Gasteiger partial charge is 0.306 e. The Morgan fingerprint density at radius 3 is 2.43 bits per heavy atom. The third kappa shape index (κ3) is 4.42. The Labute approximate surface area is 124 Å². The molecule has 7 heteroatoms. The fourth-order valence-corrected chi connectivity index (χ4v) is 2.71. The highest BCUT2D eigenvalue weighted by atomic mass is 16.5. The van der Waals surface area contributed by atoms with E-state index in [1.54, 1.807) is 9.80 Å². The predicted octanol–water partition coefficient (Wildman–Crippen LogP) is -0.684.